The first-order chi connectivity index (χ1) is 21.1. The molecule has 0 saturated carbocycles. The number of hydrogen-bond donors (Lipinski definition) is 2. The minimum Gasteiger partial charge on any atom is -0.497 e. The molecule has 0 saturated heterocycles. The third-order valence-electron chi connectivity index (χ3n) is 5.88. The zero-order valence-electron chi connectivity index (χ0n) is 25.9. The average molecular weight is 665 g/mol. The predicted octanol–water partition coefficient (Wildman–Crippen LogP) is 4.64. The standard InChI is InChI=1S/C30H37FN4O8S2/c1-19(2)17-42-28(37)26-27(44-18-34-26)35(16-20-7-10-22(41-6)11-8-20)45(39,40)23-12-9-21(24(31)13-23)14-32-25(36)15-33-29(38)43-30(3,4)5/h7-13,18-19H,14-17H2,1-6H3,(H,32,36)(H,33,38). The molecule has 0 aliphatic carbocycles. The van der Waals surface area contributed by atoms with Crippen molar-refractivity contribution in [3.8, 4) is 5.75 Å². The van der Waals surface area contributed by atoms with Crippen molar-refractivity contribution in [2.45, 2.75) is 58.2 Å². The number of amides is 2. The first kappa shape index (κ1) is 35.2. The van der Waals surface area contributed by atoms with Gasteiger partial charge >= 0.3 is 12.1 Å². The molecule has 244 valence electrons. The number of rotatable bonds is 13. The molecule has 1 heterocycles. The molecule has 3 aromatic rings. The number of methoxy groups -OCH3 is 1. The number of ether oxygens (including phenoxy) is 3. The Morgan fingerprint density at radius 3 is 2.36 bits per heavy atom. The van der Waals surface area contributed by atoms with Gasteiger partial charge in [0, 0.05) is 12.1 Å². The largest absolute Gasteiger partial charge is 0.497 e. The lowest BCUT2D eigenvalue weighted by Gasteiger charge is -2.24. The van der Waals surface area contributed by atoms with Gasteiger partial charge in [-0.15, -0.1) is 11.3 Å². The lowest BCUT2D eigenvalue weighted by Crippen LogP contribution is -2.39. The summed E-state index contributed by atoms with van der Waals surface area (Å²) in [5.74, 6) is -1.67. The third kappa shape index (κ3) is 10.1. The van der Waals surface area contributed by atoms with Crippen molar-refractivity contribution in [3.05, 3.63) is 70.6 Å². The maximum Gasteiger partial charge on any atom is 0.408 e. The number of thiazole rings is 1. The van der Waals surface area contributed by atoms with Crippen LogP contribution in [0, 0.1) is 11.7 Å². The first-order valence-electron chi connectivity index (χ1n) is 13.9. The Morgan fingerprint density at radius 1 is 1.07 bits per heavy atom. The number of nitrogens with zero attached hydrogens (tertiary/aromatic N) is 2. The van der Waals surface area contributed by atoms with Gasteiger partial charge in [-0.25, -0.2) is 27.4 Å². The van der Waals surface area contributed by atoms with E-state index >= 15 is 4.39 Å². The molecule has 2 aromatic carbocycles. The number of aromatic nitrogens is 1. The number of benzene rings is 2. The Balaban J connectivity index is 1.85. The van der Waals surface area contributed by atoms with E-state index < -0.39 is 46.0 Å². The number of sulfonamides is 1. The number of nitrogens with one attached hydrogen (secondary N) is 2. The zero-order chi connectivity index (χ0) is 33.4. The molecule has 0 unspecified atom stereocenters. The third-order valence-corrected chi connectivity index (χ3v) is 8.59. The molecular formula is C30H37FN4O8S2. The van der Waals surface area contributed by atoms with Gasteiger partial charge in [-0.05, 0) is 56.5 Å². The van der Waals surface area contributed by atoms with E-state index in [1.54, 1.807) is 45.0 Å². The molecule has 45 heavy (non-hydrogen) atoms. The average Bonchev–Trinajstić information content (AvgIpc) is 3.45. The Kier molecular flexibility index (Phi) is 11.9. The monoisotopic (exact) mass is 664 g/mol. The van der Waals surface area contributed by atoms with E-state index in [2.05, 4.69) is 15.6 Å². The van der Waals surface area contributed by atoms with E-state index in [1.807, 2.05) is 13.8 Å². The number of carbonyl (C=O) groups excluding carboxylic acids is 3. The summed E-state index contributed by atoms with van der Waals surface area (Å²) < 4.78 is 59.8. The zero-order valence-corrected chi connectivity index (χ0v) is 27.5. The van der Waals surface area contributed by atoms with Crippen molar-refractivity contribution in [3.63, 3.8) is 0 Å². The van der Waals surface area contributed by atoms with Gasteiger partial charge in [-0.2, -0.15) is 0 Å². The van der Waals surface area contributed by atoms with Gasteiger partial charge in [0.2, 0.25) is 5.91 Å². The molecule has 3 rings (SSSR count). The minimum absolute atomic E-state index is 0.00816. The second-order valence-electron chi connectivity index (χ2n) is 11.2. The highest BCUT2D eigenvalue weighted by Crippen LogP contribution is 2.33. The quantitative estimate of drug-likeness (QED) is 0.249. The van der Waals surface area contributed by atoms with Crippen molar-refractivity contribution in [2.24, 2.45) is 5.92 Å². The lowest BCUT2D eigenvalue weighted by molar-refractivity contribution is -0.120. The normalized spacial score (nSPS) is 11.6. The molecule has 1 aromatic heterocycles. The van der Waals surface area contributed by atoms with Gasteiger partial charge in [0.15, 0.2) is 5.69 Å². The summed E-state index contributed by atoms with van der Waals surface area (Å²) in [7, 11) is -2.95. The van der Waals surface area contributed by atoms with Gasteiger partial charge in [0.1, 0.15) is 28.7 Å². The van der Waals surface area contributed by atoms with Crippen molar-refractivity contribution in [2.75, 3.05) is 24.6 Å². The summed E-state index contributed by atoms with van der Waals surface area (Å²) in [6.07, 6.45) is -0.783. The maximum absolute atomic E-state index is 15.2. The molecule has 0 fully saturated rings. The first-order valence-corrected chi connectivity index (χ1v) is 16.2. The number of halogens is 1. The number of anilines is 1. The topological polar surface area (TPSA) is 153 Å². The van der Waals surface area contributed by atoms with E-state index in [-0.39, 0.29) is 46.8 Å². The van der Waals surface area contributed by atoms with Crippen LogP contribution in [-0.2, 0) is 37.4 Å². The molecule has 0 bridgehead atoms. The Morgan fingerprint density at radius 2 is 1.76 bits per heavy atom. The summed E-state index contributed by atoms with van der Waals surface area (Å²) in [4.78, 5) is 40.5. The van der Waals surface area contributed by atoms with E-state index in [4.69, 9.17) is 14.2 Å². The van der Waals surface area contributed by atoms with Crippen molar-refractivity contribution >= 4 is 44.3 Å². The fraction of sp³-hybridized carbons (Fsp3) is 0.400. The number of esters is 1. The molecule has 15 heteroatoms. The van der Waals surface area contributed by atoms with Crippen molar-refractivity contribution in [1.82, 2.24) is 15.6 Å². The molecule has 0 spiro atoms. The van der Waals surface area contributed by atoms with E-state index in [9.17, 15) is 22.8 Å². The second kappa shape index (κ2) is 15.2. The van der Waals surface area contributed by atoms with Gasteiger partial charge in [0.05, 0.1) is 30.7 Å². The van der Waals surface area contributed by atoms with E-state index in [1.165, 1.54) is 24.8 Å². The molecule has 0 aliphatic rings. The van der Waals surface area contributed by atoms with Gasteiger partial charge in [0.25, 0.3) is 10.0 Å². The Hall–Kier alpha value is -4.24. The van der Waals surface area contributed by atoms with Gasteiger partial charge in [-0.3, -0.25) is 9.10 Å². The fourth-order valence-electron chi connectivity index (χ4n) is 3.71. The summed E-state index contributed by atoms with van der Waals surface area (Å²) in [5, 5.41) is 4.77. The lowest BCUT2D eigenvalue weighted by atomic mass is 10.2. The fourth-order valence-corrected chi connectivity index (χ4v) is 6.19. The van der Waals surface area contributed by atoms with Crippen LogP contribution in [0.15, 0.2) is 52.9 Å². The van der Waals surface area contributed by atoms with Crippen LogP contribution < -0.4 is 19.7 Å². The number of carbonyl (C=O) groups is 3. The summed E-state index contributed by atoms with van der Waals surface area (Å²) in [6.45, 7) is 7.99. The highest BCUT2D eigenvalue weighted by molar-refractivity contribution is 7.93. The van der Waals surface area contributed by atoms with Crippen LogP contribution in [0.1, 0.15) is 56.2 Å². The Labute approximate surface area is 265 Å². The SMILES string of the molecule is COc1ccc(CN(c2scnc2C(=O)OCC(C)C)S(=O)(=O)c2ccc(CNC(=O)CNC(=O)OC(C)(C)C)c(F)c2)cc1. The maximum atomic E-state index is 15.2. The van der Waals surface area contributed by atoms with Crippen molar-refractivity contribution in [1.29, 1.82) is 0 Å². The highest BCUT2D eigenvalue weighted by Gasteiger charge is 2.32. The molecule has 12 nitrogen and oxygen atoms in total. The van der Waals surface area contributed by atoms with Crippen molar-refractivity contribution < 1.29 is 41.4 Å². The van der Waals surface area contributed by atoms with Crippen LogP contribution >= 0.6 is 11.3 Å². The van der Waals surface area contributed by atoms with Crippen LogP contribution in [0.2, 0.25) is 0 Å². The smallest absolute Gasteiger partial charge is 0.408 e. The minimum atomic E-state index is -4.45. The van der Waals surface area contributed by atoms with Crippen LogP contribution in [0.5, 0.6) is 5.75 Å². The Bertz CT molecular complexity index is 1600. The van der Waals surface area contributed by atoms with Gasteiger partial charge < -0.3 is 24.8 Å². The second-order valence-corrected chi connectivity index (χ2v) is 13.9. The van der Waals surface area contributed by atoms with E-state index in [0.29, 0.717) is 11.3 Å². The van der Waals surface area contributed by atoms with Crippen LogP contribution in [0.25, 0.3) is 0 Å². The van der Waals surface area contributed by atoms with Crippen LogP contribution in [-0.4, -0.2) is 57.2 Å². The molecule has 0 atom stereocenters. The van der Waals surface area contributed by atoms with Gasteiger partial charge in [-0.1, -0.05) is 32.0 Å². The van der Waals surface area contributed by atoms with Crippen LogP contribution in [0.3, 0.4) is 0 Å². The highest BCUT2D eigenvalue weighted by atomic mass is 32.2. The summed E-state index contributed by atoms with van der Waals surface area (Å²) >= 11 is 0.927. The summed E-state index contributed by atoms with van der Waals surface area (Å²) in [6, 6.07) is 9.95. The molecular weight excluding hydrogens is 627 g/mol. The molecule has 2 amide bonds. The van der Waals surface area contributed by atoms with E-state index in [0.717, 1.165) is 21.7 Å². The summed E-state index contributed by atoms with van der Waals surface area (Å²) in [5.41, 5.74) is 0.986. The number of hydrogen-bond acceptors (Lipinski definition) is 10. The number of alkyl carbamates (subject to hydrolysis) is 1. The molecule has 0 radical (unpaired) electrons. The predicted molar refractivity (Wildman–Crippen MR) is 166 cm³/mol. The molecule has 2 N–H and O–H groups in total. The van der Waals surface area contributed by atoms with Crippen LogP contribution in [0.4, 0.5) is 14.2 Å². The molecule has 0 aliphatic heterocycles.